The molecule has 2 aromatic carbocycles. The second-order valence-electron chi connectivity index (χ2n) is 4.98. The van der Waals surface area contributed by atoms with E-state index in [9.17, 15) is 9.59 Å². The van der Waals surface area contributed by atoms with Crippen LogP contribution in [-0.4, -0.2) is 16.9 Å². The lowest BCUT2D eigenvalue weighted by Gasteiger charge is -1.97. The van der Waals surface area contributed by atoms with Gasteiger partial charge in [0.25, 0.3) is 0 Å². The monoisotopic (exact) mass is 502 g/mol. The second-order valence-corrected chi connectivity index (χ2v) is 7.37. The van der Waals surface area contributed by atoms with Crippen molar-refractivity contribution in [2.45, 2.75) is 19.8 Å². The average Bonchev–Trinajstić information content (AvgIpc) is 2.52. The van der Waals surface area contributed by atoms with Crippen LogP contribution < -0.4 is 0 Å². The molecule has 2 nitrogen and oxygen atoms in total. The van der Waals surface area contributed by atoms with Crippen LogP contribution in [0.5, 0.6) is 0 Å². The van der Waals surface area contributed by atoms with Gasteiger partial charge in [0, 0.05) is 21.8 Å². The molecular weight excluding hydrogens is 488 g/mol. The van der Waals surface area contributed by atoms with Gasteiger partial charge < -0.3 is 0 Å². The Labute approximate surface area is 162 Å². The second kappa shape index (κ2) is 10.9. The van der Waals surface area contributed by atoms with E-state index in [1.54, 1.807) is 6.92 Å². The molecule has 0 saturated heterocycles. The number of ketones is 2. The highest BCUT2D eigenvalue weighted by molar-refractivity contribution is 9.10. The van der Waals surface area contributed by atoms with Crippen LogP contribution in [0.1, 0.15) is 18.1 Å². The molecule has 0 heterocycles. The third-order valence-corrected chi connectivity index (χ3v) is 4.51. The van der Waals surface area contributed by atoms with Crippen molar-refractivity contribution in [3.05, 3.63) is 68.6 Å². The standard InChI is InChI=1S/C9H8Br2O.C9H9BrO/c10-6-9(12)5-7-1-3-8(11)4-2-7;1-7(11)6-8-2-4-9(10)5-3-8/h1-4H,5-6H2;2-5H,6H2,1H3. The molecule has 2 rings (SSSR count). The van der Waals surface area contributed by atoms with Crippen LogP contribution >= 0.6 is 47.8 Å². The van der Waals surface area contributed by atoms with E-state index in [0.29, 0.717) is 18.2 Å². The molecule has 122 valence electrons. The Bertz CT molecular complexity index is 634. The summed E-state index contributed by atoms with van der Waals surface area (Å²) in [5.74, 6) is 0.407. The number of carbonyl (C=O) groups excluding carboxylic acids is 2. The molecule has 0 fully saturated rings. The van der Waals surface area contributed by atoms with Gasteiger partial charge in [-0.25, -0.2) is 0 Å². The highest BCUT2D eigenvalue weighted by atomic mass is 79.9. The van der Waals surface area contributed by atoms with Gasteiger partial charge in [-0.15, -0.1) is 0 Å². The van der Waals surface area contributed by atoms with E-state index in [0.717, 1.165) is 20.1 Å². The molecule has 0 aromatic heterocycles. The largest absolute Gasteiger partial charge is 0.300 e. The molecule has 0 aliphatic rings. The summed E-state index contributed by atoms with van der Waals surface area (Å²) in [5.41, 5.74) is 2.13. The molecular formula is C18H17Br3O2. The average molecular weight is 505 g/mol. The molecule has 0 radical (unpaired) electrons. The first kappa shape index (κ1) is 20.3. The highest BCUT2D eigenvalue weighted by Gasteiger charge is 2.00. The van der Waals surface area contributed by atoms with Crippen molar-refractivity contribution in [1.82, 2.24) is 0 Å². The van der Waals surface area contributed by atoms with E-state index < -0.39 is 0 Å². The van der Waals surface area contributed by atoms with E-state index >= 15 is 0 Å². The van der Waals surface area contributed by atoms with Crippen LogP contribution in [0.25, 0.3) is 0 Å². The van der Waals surface area contributed by atoms with Crippen molar-refractivity contribution in [1.29, 1.82) is 0 Å². The molecule has 0 aliphatic carbocycles. The Morgan fingerprint density at radius 2 is 1.17 bits per heavy atom. The summed E-state index contributed by atoms with van der Waals surface area (Å²) in [6.07, 6.45) is 1.05. The van der Waals surface area contributed by atoms with Crippen LogP contribution in [0.2, 0.25) is 0 Å². The maximum Gasteiger partial charge on any atom is 0.147 e. The minimum atomic E-state index is 0.201. The smallest absolute Gasteiger partial charge is 0.147 e. The maximum atomic E-state index is 11.0. The van der Waals surface area contributed by atoms with Gasteiger partial charge in [0.2, 0.25) is 0 Å². The SMILES string of the molecule is CC(=O)Cc1ccc(Br)cc1.O=C(CBr)Cc1ccc(Br)cc1. The van der Waals surface area contributed by atoms with Gasteiger partial charge in [0.15, 0.2) is 0 Å². The normalized spacial score (nSPS) is 9.74. The number of Topliss-reactive ketones (excluding diaryl/α,β-unsaturated/α-hetero) is 2. The van der Waals surface area contributed by atoms with Crippen LogP contribution in [0.4, 0.5) is 0 Å². The maximum absolute atomic E-state index is 11.0. The Morgan fingerprint density at radius 3 is 1.52 bits per heavy atom. The van der Waals surface area contributed by atoms with Crippen molar-refractivity contribution in [3.63, 3.8) is 0 Å². The van der Waals surface area contributed by atoms with Crippen molar-refractivity contribution >= 4 is 59.4 Å². The van der Waals surface area contributed by atoms with E-state index in [-0.39, 0.29) is 11.6 Å². The first-order chi connectivity index (χ1) is 10.9. The van der Waals surface area contributed by atoms with Gasteiger partial charge in [-0.1, -0.05) is 72.1 Å². The van der Waals surface area contributed by atoms with E-state index in [2.05, 4.69) is 47.8 Å². The lowest BCUT2D eigenvalue weighted by molar-refractivity contribution is -0.117. The number of benzene rings is 2. The van der Waals surface area contributed by atoms with Gasteiger partial charge in [0.1, 0.15) is 11.6 Å². The molecule has 0 saturated carbocycles. The summed E-state index contributed by atoms with van der Waals surface area (Å²) in [6, 6.07) is 15.6. The lowest BCUT2D eigenvalue weighted by Crippen LogP contribution is -2.02. The summed E-state index contributed by atoms with van der Waals surface area (Å²) in [5, 5.41) is 0.434. The van der Waals surface area contributed by atoms with Crippen molar-refractivity contribution in [2.75, 3.05) is 5.33 Å². The van der Waals surface area contributed by atoms with Crippen LogP contribution in [0.3, 0.4) is 0 Å². The van der Waals surface area contributed by atoms with Gasteiger partial charge in [-0.05, 0) is 42.3 Å². The molecule has 0 N–H and O–H groups in total. The third kappa shape index (κ3) is 9.18. The van der Waals surface area contributed by atoms with E-state index in [1.807, 2.05) is 48.5 Å². The molecule has 23 heavy (non-hydrogen) atoms. The summed E-state index contributed by atoms with van der Waals surface area (Å²) in [6.45, 7) is 1.60. The Balaban J connectivity index is 0.000000231. The predicted octanol–water partition coefficient (Wildman–Crippen LogP) is 5.54. The fourth-order valence-electron chi connectivity index (χ4n) is 1.77. The van der Waals surface area contributed by atoms with E-state index in [4.69, 9.17) is 0 Å². The topological polar surface area (TPSA) is 34.1 Å². The summed E-state index contributed by atoms with van der Waals surface area (Å²) < 4.78 is 2.09. The number of rotatable bonds is 5. The molecule has 0 aliphatic heterocycles. The first-order valence-corrected chi connectivity index (χ1v) is 9.67. The van der Waals surface area contributed by atoms with Crippen LogP contribution in [0.15, 0.2) is 57.5 Å². The molecule has 5 heteroatoms. The zero-order chi connectivity index (χ0) is 17.2. The summed E-state index contributed by atoms with van der Waals surface area (Å²) >= 11 is 9.79. The molecule has 0 atom stereocenters. The number of hydrogen-bond acceptors (Lipinski definition) is 2. The molecule has 0 spiro atoms. The van der Waals surface area contributed by atoms with Crippen LogP contribution in [-0.2, 0) is 22.4 Å². The Morgan fingerprint density at radius 1 is 0.783 bits per heavy atom. The van der Waals surface area contributed by atoms with Crippen LogP contribution in [0, 0.1) is 0 Å². The van der Waals surface area contributed by atoms with Gasteiger partial charge >= 0.3 is 0 Å². The number of halogens is 3. The first-order valence-electron chi connectivity index (χ1n) is 6.96. The lowest BCUT2D eigenvalue weighted by atomic mass is 10.1. The number of carbonyl (C=O) groups is 2. The predicted molar refractivity (Wildman–Crippen MR) is 105 cm³/mol. The molecule has 0 unspecified atom stereocenters. The molecule has 0 amide bonds. The van der Waals surface area contributed by atoms with Crippen molar-refractivity contribution < 1.29 is 9.59 Å². The third-order valence-electron chi connectivity index (χ3n) is 2.83. The summed E-state index contributed by atoms with van der Waals surface area (Å²) in [4.78, 5) is 21.7. The number of hydrogen-bond donors (Lipinski definition) is 0. The quantitative estimate of drug-likeness (QED) is 0.501. The Hall–Kier alpha value is -0.780. The zero-order valence-corrected chi connectivity index (χ0v) is 17.4. The van der Waals surface area contributed by atoms with E-state index in [1.165, 1.54) is 0 Å². The fraction of sp³-hybridized carbons (Fsp3) is 0.222. The molecule has 2 aromatic rings. The highest BCUT2D eigenvalue weighted by Crippen LogP contribution is 2.11. The minimum absolute atomic E-state index is 0.201. The van der Waals surface area contributed by atoms with Crippen molar-refractivity contribution in [2.24, 2.45) is 0 Å². The fourth-order valence-corrected chi connectivity index (χ4v) is 2.49. The number of alkyl halides is 1. The van der Waals surface area contributed by atoms with Gasteiger partial charge in [0.05, 0.1) is 5.33 Å². The zero-order valence-electron chi connectivity index (χ0n) is 12.7. The minimum Gasteiger partial charge on any atom is -0.300 e. The van der Waals surface area contributed by atoms with Crippen molar-refractivity contribution in [3.8, 4) is 0 Å². The summed E-state index contributed by atoms with van der Waals surface area (Å²) in [7, 11) is 0. The van der Waals surface area contributed by atoms with Gasteiger partial charge in [-0.3, -0.25) is 9.59 Å². The molecule has 0 bridgehead atoms. The van der Waals surface area contributed by atoms with Gasteiger partial charge in [-0.2, -0.15) is 0 Å². The Kier molecular flexibility index (Phi) is 9.60.